The molecule has 2 aromatic carbocycles. The van der Waals surface area contributed by atoms with Gasteiger partial charge in [-0.2, -0.15) is 0 Å². The average molecular weight is 410 g/mol. The van der Waals surface area contributed by atoms with E-state index < -0.39 is 5.97 Å². The summed E-state index contributed by atoms with van der Waals surface area (Å²) in [6.45, 7) is 4.55. The predicted molar refractivity (Wildman–Crippen MR) is 118 cm³/mol. The summed E-state index contributed by atoms with van der Waals surface area (Å²) in [7, 11) is 0. The van der Waals surface area contributed by atoms with E-state index in [0.29, 0.717) is 12.8 Å². The fourth-order valence-electron chi connectivity index (χ4n) is 3.73. The fraction of sp³-hybridized carbons (Fsp3) is 0.440. The predicted octanol–water partition coefficient (Wildman–Crippen LogP) is 4.79. The summed E-state index contributed by atoms with van der Waals surface area (Å²) in [6, 6.07) is 16.5. The van der Waals surface area contributed by atoms with Crippen molar-refractivity contribution >= 4 is 11.8 Å². The molecule has 5 nitrogen and oxygen atoms in total. The number of hydrogen-bond donors (Lipinski definition) is 1. The lowest BCUT2D eigenvalue weighted by atomic mass is 9.99. The number of ketones is 1. The molecule has 1 saturated heterocycles. The molecule has 0 amide bonds. The maximum absolute atomic E-state index is 12.4. The van der Waals surface area contributed by atoms with Gasteiger partial charge >= 0.3 is 5.97 Å². The van der Waals surface area contributed by atoms with Crippen LogP contribution in [0.25, 0.3) is 11.1 Å². The minimum Gasteiger partial charge on any atom is -0.481 e. The van der Waals surface area contributed by atoms with Crippen LogP contribution in [-0.4, -0.2) is 48.1 Å². The minimum absolute atomic E-state index is 0.153. The number of carboxylic acids is 1. The van der Waals surface area contributed by atoms with E-state index in [9.17, 15) is 9.59 Å². The molecule has 1 N–H and O–H groups in total. The van der Waals surface area contributed by atoms with Crippen molar-refractivity contribution in [2.24, 2.45) is 0 Å². The highest BCUT2D eigenvalue weighted by Gasteiger charge is 2.11. The second-order valence-electron chi connectivity index (χ2n) is 7.89. The number of benzene rings is 2. The Morgan fingerprint density at radius 2 is 1.37 bits per heavy atom. The van der Waals surface area contributed by atoms with Crippen molar-refractivity contribution in [2.75, 3.05) is 26.3 Å². The number of carbonyl (C=O) groups is 2. The highest BCUT2D eigenvalue weighted by atomic mass is 16.5. The number of hydrogen-bond acceptors (Lipinski definition) is 4. The zero-order chi connectivity index (χ0) is 21.2. The number of nitrogens with zero attached hydrogens (tertiary/aromatic N) is 1. The molecule has 0 unspecified atom stereocenters. The zero-order valence-corrected chi connectivity index (χ0v) is 17.5. The van der Waals surface area contributed by atoms with Crippen LogP contribution >= 0.6 is 0 Å². The summed E-state index contributed by atoms with van der Waals surface area (Å²) < 4.78 is 5.40. The van der Waals surface area contributed by atoms with Gasteiger partial charge in [0.1, 0.15) is 0 Å². The van der Waals surface area contributed by atoms with E-state index in [4.69, 9.17) is 9.84 Å². The number of rotatable bonds is 11. The largest absolute Gasteiger partial charge is 0.481 e. The van der Waals surface area contributed by atoms with Gasteiger partial charge in [0, 0.05) is 38.0 Å². The van der Waals surface area contributed by atoms with Gasteiger partial charge in [-0.3, -0.25) is 14.5 Å². The number of carbonyl (C=O) groups excluding carboxylic acids is 1. The Balaban J connectivity index is 1.46. The van der Waals surface area contributed by atoms with Gasteiger partial charge in [0.15, 0.2) is 5.78 Å². The Morgan fingerprint density at radius 3 is 1.97 bits per heavy atom. The van der Waals surface area contributed by atoms with Gasteiger partial charge < -0.3 is 9.84 Å². The third kappa shape index (κ3) is 7.08. The Labute approximate surface area is 178 Å². The van der Waals surface area contributed by atoms with Crippen molar-refractivity contribution in [3.8, 4) is 11.1 Å². The standard InChI is InChI=1S/C25H31NO4/c27-24(5-3-1-2-4-6-25(28)29)23-13-11-22(12-14-23)21-9-7-20(8-10-21)19-26-15-17-30-18-16-26/h7-14H,1-6,15-19H2,(H,28,29). The first-order valence-electron chi connectivity index (χ1n) is 10.9. The summed E-state index contributed by atoms with van der Waals surface area (Å²) in [6.07, 6.45) is 3.98. The maximum atomic E-state index is 12.4. The van der Waals surface area contributed by atoms with Crippen molar-refractivity contribution in [1.82, 2.24) is 4.90 Å². The van der Waals surface area contributed by atoms with E-state index in [1.807, 2.05) is 24.3 Å². The number of morpholine rings is 1. The van der Waals surface area contributed by atoms with Crippen molar-refractivity contribution in [2.45, 2.75) is 45.1 Å². The van der Waals surface area contributed by atoms with Crippen LogP contribution in [0.4, 0.5) is 0 Å². The highest BCUT2D eigenvalue weighted by Crippen LogP contribution is 2.22. The van der Waals surface area contributed by atoms with Crippen LogP contribution in [-0.2, 0) is 16.1 Å². The molecule has 5 heteroatoms. The summed E-state index contributed by atoms with van der Waals surface area (Å²) in [5.74, 6) is -0.599. The molecule has 1 fully saturated rings. The first kappa shape index (κ1) is 22.2. The lowest BCUT2D eigenvalue weighted by Gasteiger charge is -2.26. The van der Waals surface area contributed by atoms with Gasteiger partial charge in [0.05, 0.1) is 13.2 Å². The van der Waals surface area contributed by atoms with E-state index in [-0.39, 0.29) is 12.2 Å². The van der Waals surface area contributed by atoms with Crippen LogP contribution in [0.15, 0.2) is 48.5 Å². The van der Waals surface area contributed by atoms with E-state index in [2.05, 4.69) is 29.2 Å². The van der Waals surface area contributed by atoms with E-state index in [1.165, 1.54) is 5.56 Å². The van der Waals surface area contributed by atoms with E-state index >= 15 is 0 Å². The van der Waals surface area contributed by atoms with Crippen LogP contribution in [0.1, 0.15) is 54.4 Å². The molecule has 0 aliphatic carbocycles. The van der Waals surface area contributed by atoms with Gasteiger partial charge in [-0.25, -0.2) is 0 Å². The molecule has 0 spiro atoms. The smallest absolute Gasteiger partial charge is 0.303 e. The summed E-state index contributed by atoms with van der Waals surface area (Å²) in [4.78, 5) is 25.3. The lowest BCUT2D eigenvalue weighted by Crippen LogP contribution is -2.35. The molecule has 1 aliphatic heterocycles. The Morgan fingerprint density at radius 1 is 0.800 bits per heavy atom. The molecular weight excluding hydrogens is 378 g/mol. The first-order chi connectivity index (χ1) is 14.6. The number of unbranched alkanes of at least 4 members (excludes halogenated alkanes) is 3. The summed E-state index contributed by atoms with van der Waals surface area (Å²) >= 11 is 0. The van der Waals surface area contributed by atoms with Crippen LogP contribution in [0.3, 0.4) is 0 Å². The molecular formula is C25H31NO4. The van der Waals surface area contributed by atoms with Crippen LogP contribution in [0.5, 0.6) is 0 Å². The van der Waals surface area contributed by atoms with Crippen molar-refractivity contribution in [3.63, 3.8) is 0 Å². The van der Waals surface area contributed by atoms with Crippen LogP contribution in [0, 0.1) is 0 Å². The quantitative estimate of drug-likeness (QED) is 0.427. The Bertz CT molecular complexity index is 808. The van der Waals surface area contributed by atoms with Gasteiger partial charge in [-0.05, 0) is 29.5 Å². The van der Waals surface area contributed by atoms with E-state index in [1.54, 1.807) is 0 Å². The topological polar surface area (TPSA) is 66.8 Å². The fourth-order valence-corrected chi connectivity index (χ4v) is 3.73. The third-order valence-electron chi connectivity index (χ3n) is 5.55. The summed E-state index contributed by atoms with van der Waals surface area (Å²) in [5, 5.41) is 8.63. The van der Waals surface area contributed by atoms with Crippen LogP contribution in [0.2, 0.25) is 0 Å². The van der Waals surface area contributed by atoms with Crippen molar-refractivity contribution < 1.29 is 19.4 Å². The van der Waals surface area contributed by atoms with Gasteiger partial charge in [0.25, 0.3) is 0 Å². The number of ether oxygens (including phenoxy) is 1. The molecule has 1 heterocycles. The van der Waals surface area contributed by atoms with Gasteiger partial charge in [-0.1, -0.05) is 61.4 Å². The molecule has 1 aliphatic rings. The molecule has 0 radical (unpaired) electrons. The molecule has 160 valence electrons. The second-order valence-corrected chi connectivity index (χ2v) is 7.89. The van der Waals surface area contributed by atoms with E-state index in [0.717, 1.165) is 68.8 Å². The van der Waals surface area contributed by atoms with Gasteiger partial charge in [0.2, 0.25) is 0 Å². The minimum atomic E-state index is -0.752. The number of Topliss-reactive ketones (excluding diaryl/α,β-unsaturated/α-hetero) is 1. The highest BCUT2D eigenvalue weighted by molar-refractivity contribution is 5.96. The Kier molecular flexibility index (Phi) is 8.60. The molecule has 0 saturated carbocycles. The van der Waals surface area contributed by atoms with Gasteiger partial charge in [-0.15, -0.1) is 0 Å². The molecule has 3 rings (SSSR count). The molecule has 0 bridgehead atoms. The first-order valence-corrected chi connectivity index (χ1v) is 10.9. The van der Waals surface area contributed by atoms with Crippen LogP contribution < -0.4 is 0 Å². The zero-order valence-electron chi connectivity index (χ0n) is 17.5. The second kappa shape index (κ2) is 11.6. The molecule has 0 atom stereocenters. The number of carboxylic acid groups (broad SMARTS) is 1. The average Bonchev–Trinajstić information content (AvgIpc) is 2.77. The number of aliphatic carboxylic acids is 1. The molecule has 2 aromatic rings. The molecule has 0 aromatic heterocycles. The third-order valence-corrected chi connectivity index (χ3v) is 5.55. The molecule has 30 heavy (non-hydrogen) atoms. The Hall–Kier alpha value is -2.50. The maximum Gasteiger partial charge on any atom is 0.303 e. The normalized spacial score (nSPS) is 14.5. The summed E-state index contributed by atoms with van der Waals surface area (Å²) in [5.41, 5.74) is 4.31. The lowest BCUT2D eigenvalue weighted by molar-refractivity contribution is -0.137. The SMILES string of the molecule is O=C(O)CCCCCCC(=O)c1ccc(-c2ccc(CN3CCOCC3)cc2)cc1. The van der Waals surface area contributed by atoms with Crippen molar-refractivity contribution in [1.29, 1.82) is 0 Å². The monoisotopic (exact) mass is 409 g/mol. The van der Waals surface area contributed by atoms with Crippen molar-refractivity contribution in [3.05, 3.63) is 59.7 Å².